The highest BCUT2D eigenvalue weighted by Crippen LogP contribution is 2.38. The minimum Gasteiger partial charge on any atom is -0.480 e. The highest BCUT2D eigenvalue weighted by Gasteiger charge is 2.41. The lowest BCUT2D eigenvalue weighted by atomic mass is 9.76. The lowest BCUT2D eigenvalue weighted by Crippen LogP contribution is -2.56. The standard InChI is InChI=1S/C16H29NO2/c1-3-12(4-2)11-17-14-8-6-5-7-13(14)9-10-15(17)16(18)19/h12-15H,3-11H2,1-2H3,(H,18,19). The summed E-state index contributed by atoms with van der Waals surface area (Å²) in [6.45, 7) is 5.45. The van der Waals surface area contributed by atoms with Gasteiger partial charge in [-0.1, -0.05) is 39.5 Å². The van der Waals surface area contributed by atoms with Gasteiger partial charge in [0.05, 0.1) is 0 Å². The Morgan fingerprint density at radius 1 is 1.16 bits per heavy atom. The van der Waals surface area contributed by atoms with Gasteiger partial charge in [-0.25, -0.2) is 0 Å². The molecule has 19 heavy (non-hydrogen) atoms. The molecule has 2 fully saturated rings. The minimum atomic E-state index is -0.602. The highest BCUT2D eigenvalue weighted by molar-refractivity contribution is 5.73. The average Bonchev–Trinajstić information content (AvgIpc) is 2.44. The van der Waals surface area contributed by atoms with Gasteiger partial charge in [0.25, 0.3) is 0 Å². The maximum atomic E-state index is 11.6. The molecular weight excluding hydrogens is 238 g/mol. The van der Waals surface area contributed by atoms with Crippen LogP contribution < -0.4 is 0 Å². The molecule has 0 spiro atoms. The molecule has 3 unspecified atom stereocenters. The number of carbonyl (C=O) groups is 1. The third-order valence-corrected chi connectivity index (χ3v) is 5.41. The van der Waals surface area contributed by atoms with Crippen molar-refractivity contribution < 1.29 is 9.90 Å². The van der Waals surface area contributed by atoms with Crippen molar-refractivity contribution in [3.63, 3.8) is 0 Å². The van der Waals surface area contributed by atoms with Crippen molar-refractivity contribution in [3.8, 4) is 0 Å². The number of likely N-dealkylation sites (tertiary alicyclic amines) is 1. The summed E-state index contributed by atoms with van der Waals surface area (Å²) >= 11 is 0. The molecule has 0 radical (unpaired) electrons. The van der Waals surface area contributed by atoms with E-state index in [2.05, 4.69) is 18.7 Å². The fourth-order valence-electron chi connectivity index (χ4n) is 4.10. The zero-order valence-electron chi connectivity index (χ0n) is 12.5. The summed E-state index contributed by atoms with van der Waals surface area (Å²) in [6, 6.07) is 0.323. The normalized spacial score (nSPS) is 32.3. The maximum Gasteiger partial charge on any atom is 0.320 e. The van der Waals surface area contributed by atoms with Crippen LogP contribution in [0.25, 0.3) is 0 Å². The molecule has 3 nitrogen and oxygen atoms in total. The number of fused-ring (bicyclic) bond motifs is 1. The van der Waals surface area contributed by atoms with Crippen LogP contribution in [-0.2, 0) is 4.79 Å². The first-order valence-electron chi connectivity index (χ1n) is 8.15. The van der Waals surface area contributed by atoms with Crippen molar-refractivity contribution in [2.75, 3.05) is 6.54 Å². The van der Waals surface area contributed by atoms with Crippen LogP contribution in [0, 0.1) is 11.8 Å². The van der Waals surface area contributed by atoms with Crippen LogP contribution in [0.1, 0.15) is 65.2 Å². The van der Waals surface area contributed by atoms with Crippen molar-refractivity contribution in [1.29, 1.82) is 0 Å². The number of rotatable bonds is 5. The molecule has 1 saturated carbocycles. The Morgan fingerprint density at radius 3 is 2.47 bits per heavy atom. The third-order valence-electron chi connectivity index (χ3n) is 5.41. The van der Waals surface area contributed by atoms with Gasteiger partial charge in [0.2, 0.25) is 0 Å². The van der Waals surface area contributed by atoms with Gasteiger partial charge in [0.1, 0.15) is 6.04 Å². The lowest BCUT2D eigenvalue weighted by molar-refractivity contribution is -0.148. The van der Waals surface area contributed by atoms with Crippen LogP contribution in [0.5, 0.6) is 0 Å². The molecule has 0 amide bonds. The summed E-state index contributed by atoms with van der Waals surface area (Å²) in [5.74, 6) is 0.816. The molecule has 0 aromatic rings. The molecule has 1 N–H and O–H groups in total. The number of hydrogen-bond acceptors (Lipinski definition) is 2. The summed E-state index contributed by atoms with van der Waals surface area (Å²) in [5, 5.41) is 9.52. The van der Waals surface area contributed by atoms with E-state index in [1.54, 1.807) is 0 Å². The van der Waals surface area contributed by atoms with Crippen LogP contribution in [0.2, 0.25) is 0 Å². The average molecular weight is 267 g/mol. The van der Waals surface area contributed by atoms with Crippen LogP contribution >= 0.6 is 0 Å². The van der Waals surface area contributed by atoms with E-state index >= 15 is 0 Å². The Labute approximate surface area is 117 Å². The van der Waals surface area contributed by atoms with Crippen molar-refractivity contribution in [3.05, 3.63) is 0 Å². The fraction of sp³-hybridized carbons (Fsp3) is 0.938. The van der Waals surface area contributed by atoms with Gasteiger partial charge >= 0.3 is 5.97 Å². The number of piperidine rings is 1. The van der Waals surface area contributed by atoms with Crippen molar-refractivity contribution in [2.24, 2.45) is 11.8 Å². The van der Waals surface area contributed by atoms with E-state index in [1.165, 1.54) is 25.7 Å². The summed E-state index contributed by atoms with van der Waals surface area (Å²) in [5.41, 5.74) is 0. The summed E-state index contributed by atoms with van der Waals surface area (Å²) in [4.78, 5) is 13.9. The molecule has 110 valence electrons. The van der Waals surface area contributed by atoms with E-state index in [4.69, 9.17) is 0 Å². The SMILES string of the molecule is CCC(CC)CN1C(C(=O)O)CCC2CCCCC21. The largest absolute Gasteiger partial charge is 0.480 e. The highest BCUT2D eigenvalue weighted by atomic mass is 16.4. The second-order valence-corrected chi connectivity index (χ2v) is 6.42. The van der Waals surface area contributed by atoms with E-state index in [0.29, 0.717) is 12.0 Å². The van der Waals surface area contributed by atoms with Crippen molar-refractivity contribution in [1.82, 2.24) is 4.90 Å². The summed E-state index contributed by atoms with van der Waals surface area (Å²) in [7, 11) is 0. The topological polar surface area (TPSA) is 40.5 Å². The molecule has 1 aliphatic heterocycles. The predicted octanol–water partition coefficient (Wildman–Crippen LogP) is 3.53. The zero-order chi connectivity index (χ0) is 13.8. The van der Waals surface area contributed by atoms with Crippen LogP contribution in [0.4, 0.5) is 0 Å². The Morgan fingerprint density at radius 2 is 1.84 bits per heavy atom. The number of nitrogens with zero attached hydrogens (tertiary/aromatic N) is 1. The second-order valence-electron chi connectivity index (χ2n) is 6.42. The Bertz CT molecular complexity index is 301. The minimum absolute atomic E-state index is 0.222. The molecule has 1 saturated heterocycles. The van der Waals surface area contributed by atoms with E-state index in [-0.39, 0.29) is 6.04 Å². The molecule has 1 heterocycles. The van der Waals surface area contributed by atoms with Gasteiger partial charge in [0.15, 0.2) is 0 Å². The van der Waals surface area contributed by atoms with Crippen molar-refractivity contribution >= 4 is 5.97 Å². The van der Waals surface area contributed by atoms with Gasteiger partial charge in [-0.05, 0) is 37.5 Å². The number of carboxylic acids is 1. The van der Waals surface area contributed by atoms with E-state index in [9.17, 15) is 9.90 Å². The van der Waals surface area contributed by atoms with Gasteiger partial charge in [0, 0.05) is 12.6 Å². The molecule has 1 aliphatic carbocycles. The predicted molar refractivity (Wildman–Crippen MR) is 77.2 cm³/mol. The molecule has 2 aliphatic rings. The van der Waals surface area contributed by atoms with E-state index in [0.717, 1.165) is 38.1 Å². The second kappa shape index (κ2) is 6.74. The molecule has 0 bridgehead atoms. The van der Waals surface area contributed by atoms with Crippen LogP contribution in [-0.4, -0.2) is 34.6 Å². The van der Waals surface area contributed by atoms with E-state index < -0.39 is 5.97 Å². The first kappa shape index (κ1) is 14.8. The van der Waals surface area contributed by atoms with Gasteiger partial charge in [-0.15, -0.1) is 0 Å². The monoisotopic (exact) mass is 267 g/mol. The Kier molecular flexibility index (Phi) is 5.26. The molecule has 3 heteroatoms. The summed E-state index contributed by atoms with van der Waals surface area (Å²) < 4.78 is 0. The Balaban J connectivity index is 2.11. The van der Waals surface area contributed by atoms with Gasteiger partial charge < -0.3 is 5.11 Å². The first-order chi connectivity index (χ1) is 9.17. The number of aliphatic carboxylic acids is 1. The fourth-order valence-corrected chi connectivity index (χ4v) is 4.10. The third kappa shape index (κ3) is 3.31. The summed E-state index contributed by atoms with van der Waals surface area (Å²) in [6.07, 6.45) is 9.47. The van der Waals surface area contributed by atoms with Crippen LogP contribution in [0.3, 0.4) is 0 Å². The Hall–Kier alpha value is -0.570. The number of carboxylic acid groups (broad SMARTS) is 1. The smallest absolute Gasteiger partial charge is 0.320 e. The number of hydrogen-bond donors (Lipinski definition) is 1. The maximum absolute atomic E-state index is 11.6. The first-order valence-corrected chi connectivity index (χ1v) is 8.15. The zero-order valence-corrected chi connectivity index (χ0v) is 12.5. The quantitative estimate of drug-likeness (QED) is 0.828. The van der Waals surface area contributed by atoms with Gasteiger partial charge in [-0.3, -0.25) is 9.69 Å². The molecule has 3 atom stereocenters. The van der Waals surface area contributed by atoms with Crippen molar-refractivity contribution in [2.45, 2.75) is 77.3 Å². The van der Waals surface area contributed by atoms with Gasteiger partial charge in [-0.2, -0.15) is 0 Å². The van der Waals surface area contributed by atoms with E-state index in [1.807, 2.05) is 0 Å². The molecule has 2 rings (SSSR count). The molecule has 0 aromatic carbocycles. The lowest BCUT2D eigenvalue weighted by Gasteiger charge is -2.48. The molecule has 0 aromatic heterocycles. The van der Waals surface area contributed by atoms with Crippen LogP contribution in [0.15, 0.2) is 0 Å². The molecular formula is C16H29NO2.